The number of hydrazine groups is 1. The fraction of sp³-hybridized carbons (Fsp3) is 0.333. The van der Waals surface area contributed by atoms with Crippen molar-refractivity contribution in [1.82, 2.24) is 5.43 Å². The summed E-state index contributed by atoms with van der Waals surface area (Å²) in [5, 5.41) is 10.7. The molecule has 1 heterocycles. The molecule has 1 aliphatic rings. The second-order valence-electron chi connectivity index (χ2n) is 4.09. The Morgan fingerprint density at radius 1 is 1.53 bits per heavy atom. The zero-order chi connectivity index (χ0) is 12.4. The van der Waals surface area contributed by atoms with Gasteiger partial charge in [-0.2, -0.15) is 0 Å². The maximum atomic E-state index is 11.1. The zero-order valence-electron chi connectivity index (χ0n) is 9.51. The Kier molecular flexibility index (Phi) is 2.99. The summed E-state index contributed by atoms with van der Waals surface area (Å²) in [6.07, 6.45) is 0.471. The molecular formula is C12H14N2O3. The molecule has 1 fully saturated rings. The molecule has 1 atom stereocenters. The normalized spacial score (nSPS) is 16.8. The van der Waals surface area contributed by atoms with E-state index in [2.05, 4.69) is 5.43 Å². The molecule has 2 N–H and O–H groups in total. The highest BCUT2D eigenvalue weighted by Gasteiger charge is 2.20. The first-order valence-electron chi connectivity index (χ1n) is 5.47. The van der Waals surface area contributed by atoms with E-state index in [1.165, 1.54) is 0 Å². The predicted octanol–water partition coefficient (Wildman–Crippen LogP) is 1.12. The summed E-state index contributed by atoms with van der Waals surface area (Å²) in [6.45, 7) is 2.26. The lowest BCUT2D eigenvalue weighted by Gasteiger charge is -2.18. The molecule has 1 saturated heterocycles. The molecule has 1 aromatic carbocycles. The highest BCUT2D eigenvalue weighted by atomic mass is 16.4. The van der Waals surface area contributed by atoms with Crippen LogP contribution in [0.5, 0.6) is 0 Å². The van der Waals surface area contributed by atoms with Crippen molar-refractivity contribution in [2.24, 2.45) is 0 Å². The van der Waals surface area contributed by atoms with E-state index in [-0.39, 0.29) is 5.91 Å². The predicted molar refractivity (Wildman–Crippen MR) is 62.6 cm³/mol. The lowest BCUT2D eigenvalue weighted by atomic mass is 10.0. The summed E-state index contributed by atoms with van der Waals surface area (Å²) in [6, 6.07) is 7.23. The van der Waals surface area contributed by atoms with E-state index in [0.29, 0.717) is 13.0 Å². The van der Waals surface area contributed by atoms with E-state index in [1.807, 2.05) is 6.07 Å². The number of carbonyl (C=O) groups excluding carboxylic acids is 1. The van der Waals surface area contributed by atoms with Crippen LogP contribution in [0.15, 0.2) is 24.3 Å². The number of carbonyl (C=O) groups is 2. The number of aliphatic carboxylic acids is 1. The SMILES string of the molecule is CC(C(=O)O)c1cccc(N2CCC(=O)N2)c1. The van der Waals surface area contributed by atoms with Crippen molar-refractivity contribution in [1.29, 1.82) is 0 Å². The van der Waals surface area contributed by atoms with Crippen molar-refractivity contribution in [3.05, 3.63) is 29.8 Å². The number of rotatable bonds is 3. The highest BCUT2D eigenvalue weighted by molar-refractivity contribution is 5.82. The number of carboxylic acid groups (broad SMARTS) is 1. The highest BCUT2D eigenvalue weighted by Crippen LogP contribution is 2.22. The van der Waals surface area contributed by atoms with Crippen molar-refractivity contribution in [2.45, 2.75) is 19.3 Å². The number of nitrogens with zero attached hydrogens (tertiary/aromatic N) is 1. The van der Waals surface area contributed by atoms with Gasteiger partial charge in [0.2, 0.25) is 5.91 Å². The second kappa shape index (κ2) is 4.45. The van der Waals surface area contributed by atoms with Gasteiger partial charge < -0.3 is 5.11 Å². The first-order chi connectivity index (χ1) is 8.08. The quantitative estimate of drug-likeness (QED) is 0.822. The van der Waals surface area contributed by atoms with Crippen LogP contribution in [-0.2, 0) is 9.59 Å². The smallest absolute Gasteiger partial charge is 0.310 e. The van der Waals surface area contributed by atoms with Gasteiger partial charge in [-0.25, -0.2) is 0 Å². The van der Waals surface area contributed by atoms with E-state index in [0.717, 1.165) is 11.3 Å². The van der Waals surface area contributed by atoms with E-state index >= 15 is 0 Å². The van der Waals surface area contributed by atoms with Gasteiger partial charge in [0.15, 0.2) is 0 Å². The van der Waals surface area contributed by atoms with E-state index < -0.39 is 11.9 Å². The van der Waals surface area contributed by atoms with Gasteiger partial charge in [-0.1, -0.05) is 12.1 Å². The summed E-state index contributed by atoms with van der Waals surface area (Å²) in [4.78, 5) is 22.0. The third kappa shape index (κ3) is 2.38. The number of hydrogen-bond donors (Lipinski definition) is 2. The Labute approximate surface area is 99.0 Å². The van der Waals surface area contributed by atoms with Gasteiger partial charge in [0, 0.05) is 13.0 Å². The number of nitrogens with one attached hydrogen (secondary N) is 1. The van der Waals surface area contributed by atoms with Crippen molar-refractivity contribution in [2.75, 3.05) is 11.6 Å². The van der Waals surface area contributed by atoms with Gasteiger partial charge in [0.1, 0.15) is 0 Å². The number of benzene rings is 1. The molecule has 17 heavy (non-hydrogen) atoms. The number of anilines is 1. The summed E-state index contributed by atoms with van der Waals surface area (Å²) in [5.74, 6) is -1.41. The maximum Gasteiger partial charge on any atom is 0.310 e. The summed E-state index contributed by atoms with van der Waals surface area (Å²) in [5.41, 5.74) is 4.27. The maximum absolute atomic E-state index is 11.1. The van der Waals surface area contributed by atoms with Crippen molar-refractivity contribution < 1.29 is 14.7 Å². The van der Waals surface area contributed by atoms with Crippen LogP contribution in [0.1, 0.15) is 24.8 Å². The number of hydrogen-bond acceptors (Lipinski definition) is 3. The average Bonchev–Trinajstić information content (AvgIpc) is 2.75. The fourth-order valence-corrected chi connectivity index (χ4v) is 1.77. The van der Waals surface area contributed by atoms with Gasteiger partial charge in [0.25, 0.3) is 0 Å². The lowest BCUT2D eigenvalue weighted by Crippen LogP contribution is -2.32. The molecule has 1 aliphatic heterocycles. The monoisotopic (exact) mass is 234 g/mol. The van der Waals surface area contributed by atoms with E-state index in [4.69, 9.17) is 5.11 Å². The lowest BCUT2D eigenvalue weighted by molar-refractivity contribution is -0.138. The molecule has 90 valence electrons. The molecule has 0 aromatic heterocycles. The molecule has 0 spiro atoms. The molecular weight excluding hydrogens is 220 g/mol. The molecule has 2 rings (SSSR count). The molecule has 5 heteroatoms. The Morgan fingerprint density at radius 2 is 2.29 bits per heavy atom. The molecule has 0 aliphatic carbocycles. The zero-order valence-corrected chi connectivity index (χ0v) is 9.51. The number of carboxylic acids is 1. The number of amides is 1. The standard InChI is InChI=1S/C12H14N2O3/c1-8(12(16)17)9-3-2-4-10(7-9)14-6-5-11(15)13-14/h2-4,7-8H,5-6H2,1H3,(H,13,15)(H,16,17). The molecule has 1 aromatic rings. The average molecular weight is 234 g/mol. The van der Waals surface area contributed by atoms with Crippen LogP contribution in [0, 0.1) is 0 Å². The first kappa shape index (κ1) is 11.4. The Bertz CT molecular complexity index is 459. The van der Waals surface area contributed by atoms with Crippen LogP contribution in [0.2, 0.25) is 0 Å². The third-order valence-corrected chi connectivity index (χ3v) is 2.87. The second-order valence-corrected chi connectivity index (χ2v) is 4.09. The Hall–Kier alpha value is -2.04. The van der Waals surface area contributed by atoms with E-state index in [9.17, 15) is 9.59 Å². The van der Waals surface area contributed by atoms with E-state index in [1.54, 1.807) is 30.1 Å². The van der Waals surface area contributed by atoms with Crippen LogP contribution in [0.25, 0.3) is 0 Å². The largest absolute Gasteiger partial charge is 0.481 e. The van der Waals surface area contributed by atoms with Gasteiger partial charge in [-0.05, 0) is 24.6 Å². The molecule has 5 nitrogen and oxygen atoms in total. The summed E-state index contributed by atoms with van der Waals surface area (Å²) >= 11 is 0. The van der Waals surface area contributed by atoms with Crippen LogP contribution in [0.3, 0.4) is 0 Å². The molecule has 0 radical (unpaired) electrons. The third-order valence-electron chi connectivity index (χ3n) is 2.87. The van der Waals surface area contributed by atoms with Gasteiger partial charge >= 0.3 is 5.97 Å². The minimum absolute atomic E-state index is 0.0123. The van der Waals surface area contributed by atoms with Crippen molar-refractivity contribution in [3.8, 4) is 0 Å². The topological polar surface area (TPSA) is 69.6 Å². The molecule has 0 saturated carbocycles. The first-order valence-corrected chi connectivity index (χ1v) is 5.47. The Balaban J connectivity index is 2.22. The van der Waals surface area contributed by atoms with Crippen LogP contribution in [-0.4, -0.2) is 23.5 Å². The van der Waals surface area contributed by atoms with Crippen LogP contribution >= 0.6 is 0 Å². The summed E-state index contributed by atoms with van der Waals surface area (Å²) < 4.78 is 0. The van der Waals surface area contributed by atoms with Gasteiger partial charge in [0.05, 0.1) is 11.6 Å². The molecule has 0 bridgehead atoms. The minimum Gasteiger partial charge on any atom is -0.481 e. The molecule has 1 amide bonds. The summed E-state index contributed by atoms with van der Waals surface area (Å²) in [7, 11) is 0. The Morgan fingerprint density at radius 3 is 2.88 bits per heavy atom. The van der Waals surface area contributed by atoms with Crippen LogP contribution in [0.4, 0.5) is 5.69 Å². The van der Waals surface area contributed by atoms with Gasteiger partial charge in [-0.15, -0.1) is 0 Å². The van der Waals surface area contributed by atoms with Gasteiger partial charge in [-0.3, -0.25) is 20.0 Å². The fourth-order valence-electron chi connectivity index (χ4n) is 1.77. The van der Waals surface area contributed by atoms with Crippen molar-refractivity contribution >= 4 is 17.6 Å². The van der Waals surface area contributed by atoms with Crippen molar-refractivity contribution in [3.63, 3.8) is 0 Å². The molecule has 1 unspecified atom stereocenters. The minimum atomic E-state index is -0.854. The van der Waals surface area contributed by atoms with Crippen LogP contribution < -0.4 is 10.4 Å².